The third kappa shape index (κ3) is 8.67. The highest BCUT2D eigenvalue weighted by atomic mass is 19.4. The van der Waals surface area contributed by atoms with Crippen LogP contribution in [0, 0.1) is 5.41 Å². The Bertz CT molecular complexity index is 1690. The third-order valence-corrected chi connectivity index (χ3v) is 10.8. The normalized spacial score (nSPS) is 21.8. The Hall–Kier alpha value is -3.45. The minimum absolute atomic E-state index is 0.0136. The molecule has 52 heavy (non-hydrogen) atoms. The molecular formula is C39H48F6N4O3. The first kappa shape index (κ1) is 38.3. The smallest absolute Gasteiger partial charge is 0.416 e. The lowest BCUT2D eigenvalue weighted by atomic mass is 9.68. The van der Waals surface area contributed by atoms with Crippen LogP contribution in [0.4, 0.5) is 32.3 Å². The number of benzene rings is 1. The zero-order valence-electron chi connectivity index (χ0n) is 30.1. The molecule has 0 amide bonds. The molecule has 3 aromatic rings. The zero-order chi connectivity index (χ0) is 37.6. The quantitative estimate of drug-likeness (QED) is 0.212. The van der Waals surface area contributed by atoms with Crippen LogP contribution in [0.3, 0.4) is 0 Å². The molecule has 284 valence electrons. The van der Waals surface area contributed by atoms with E-state index in [-0.39, 0.29) is 48.1 Å². The second-order valence-electron chi connectivity index (χ2n) is 16.2. The van der Waals surface area contributed by atoms with Gasteiger partial charge in [-0.25, -0.2) is 23.1 Å². The number of aliphatic hydroxyl groups is 2. The molecule has 2 N–H and O–H groups in total. The van der Waals surface area contributed by atoms with Gasteiger partial charge < -0.3 is 19.8 Å². The lowest BCUT2D eigenvalue weighted by Gasteiger charge is -2.41. The molecule has 0 radical (unpaired) electrons. The molecule has 1 unspecified atom stereocenters. The molecule has 1 saturated heterocycles. The second kappa shape index (κ2) is 14.4. The summed E-state index contributed by atoms with van der Waals surface area (Å²) in [6.45, 7) is 8.78. The molecule has 0 spiro atoms. The zero-order valence-corrected chi connectivity index (χ0v) is 30.1. The molecular weight excluding hydrogens is 686 g/mol. The van der Waals surface area contributed by atoms with Crippen LogP contribution >= 0.6 is 0 Å². The average molecular weight is 735 g/mol. The van der Waals surface area contributed by atoms with Crippen LogP contribution in [-0.4, -0.2) is 56.4 Å². The minimum Gasteiger partial charge on any atom is -0.490 e. The van der Waals surface area contributed by atoms with E-state index in [4.69, 9.17) is 9.72 Å². The fraction of sp³-hybridized carbons (Fsp3) is 0.615. The maximum absolute atomic E-state index is 17.3. The second-order valence-corrected chi connectivity index (χ2v) is 16.2. The number of ether oxygens (including phenoxy) is 1. The summed E-state index contributed by atoms with van der Waals surface area (Å²) in [6.07, 6.45) is -2.46. The fourth-order valence-corrected chi connectivity index (χ4v) is 8.03. The van der Waals surface area contributed by atoms with Gasteiger partial charge in [0, 0.05) is 55.1 Å². The van der Waals surface area contributed by atoms with Crippen LogP contribution < -0.4 is 9.64 Å². The van der Waals surface area contributed by atoms with Gasteiger partial charge >= 0.3 is 6.18 Å². The van der Waals surface area contributed by atoms with Gasteiger partial charge in [-0.2, -0.15) is 13.2 Å². The Morgan fingerprint density at radius 1 is 0.942 bits per heavy atom. The minimum atomic E-state index is -4.60. The highest BCUT2D eigenvalue weighted by molar-refractivity contribution is 5.51. The van der Waals surface area contributed by atoms with E-state index in [9.17, 15) is 32.2 Å². The van der Waals surface area contributed by atoms with Crippen LogP contribution in [0.1, 0.15) is 142 Å². The molecule has 0 bridgehead atoms. The van der Waals surface area contributed by atoms with Gasteiger partial charge in [0.2, 0.25) is 11.9 Å². The number of hydrogen-bond acceptors (Lipinski definition) is 7. The number of anilines is 1. The summed E-state index contributed by atoms with van der Waals surface area (Å²) >= 11 is 0. The molecule has 3 aliphatic rings. The summed E-state index contributed by atoms with van der Waals surface area (Å²) in [7, 11) is 0. The number of aliphatic hydroxyl groups excluding tert-OH is 1. The molecule has 2 atom stereocenters. The van der Waals surface area contributed by atoms with Gasteiger partial charge in [-0.3, -0.25) is 4.98 Å². The third-order valence-electron chi connectivity index (χ3n) is 10.8. The monoisotopic (exact) mass is 734 g/mol. The van der Waals surface area contributed by atoms with Crippen LogP contribution in [0.15, 0.2) is 36.7 Å². The summed E-state index contributed by atoms with van der Waals surface area (Å²) in [5.41, 5.74) is 0.273. The van der Waals surface area contributed by atoms with Crippen molar-refractivity contribution in [1.82, 2.24) is 15.0 Å². The Balaban J connectivity index is 1.36. The van der Waals surface area contributed by atoms with Crippen LogP contribution in [0.2, 0.25) is 0 Å². The number of fused-ring (bicyclic) bond motifs is 1. The van der Waals surface area contributed by atoms with Crippen molar-refractivity contribution in [3.05, 3.63) is 75.9 Å². The van der Waals surface area contributed by atoms with Crippen LogP contribution in [0.5, 0.6) is 5.75 Å². The van der Waals surface area contributed by atoms with Gasteiger partial charge in [0.25, 0.3) is 0 Å². The molecule has 1 aliphatic heterocycles. The van der Waals surface area contributed by atoms with Crippen molar-refractivity contribution in [2.45, 2.75) is 127 Å². The number of aromatic nitrogens is 3. The van der Waals surface area contributed by atoms with Gasteiger partial charge in [-0.15, -0.1) is 0 Å². The predicted molar refractivity (Wildman–Crippen MR) is 184 cm³/mol. The number of rotatable bonds is 9. The summed E-state index contributed by atoms with van der Waals surface area (Å²) in [5.74, 6) is -2.59. The molecule has 2 aliphatic carbocycles. The van der Waals surface area contributed by atoms with Gasteiger partial charge in [0.15, 0.2) is 11.9 Å². The summed E-state index contributed by atoms with van der Waals surface area (Å²) in [5, 5.41) is 21.5. The van der Waals surface area contributed by atoms with Crippen molar-refractivity contribution in [2.75, 3.05) is 24.6 Å². The van der Waals surface area contributed by atoms with E-state index in [1.807, 2.05) is 18.7 Å². The first-order valence-corrected chi connectivity index (χ1v) is 18.2. The number of hydrogen-bond donors (Lipinski definition) is 2. The molecule has 7 nitrogen and oxygen atoms in total. The van der Waals surface area contributed by atoms with Gasteiger partial charge in [0.1, 0.15) is 0 Å². The van der Waals surface area contributed by atoms with E-state index < -0.39 is 41.5 Å². The van der Waals surface area contributed by atoms with E-state index in [1.54, 1.807) is 26.2 Å². The Morgan fingerprint density at radius 3 is 2.13 bits per heavy atom. The van der Waals surface area contributed by atoms with Crippen LogP contribution in [0.25, 0.3) is 0 Å². The largest absolute Gasteiger partial charge is 0.490 e. The Kier molecular flexibility index (Phi) is 10.6. The number of halogens is 6. The van der Waals surface area contributed by atoms with Crippen LogP contribution in [-0.2, 0) is 12.6 Å². The maximum Gasteiger partial charge on any atom is 0.416 e. The Labute approximate surface area is 300 Å². The summed E-state index contributed by atoms with van der Waals surface area (Å²) in [4.78, 5) is 16.1. The maximum atomic E-state index is 17.3. The summed E-state index contributed by atoms with van der Waals surface area (Å²) in [6, 6.07) is 3.97. The molecule has 13 heteroatoms. The van der Waals surface area contributed by atoms with Crippen molar-refractivity contribution >= 4 is 5.95 Å². The number of piperidine rings is 1. The van der Waals surface area contributed by atoms with E-state index in [2.05, 4.69) is 9.97 Å². The molecule has 1 aromatic carbocycles. The van der Waals surface area contributed by atoms with E-state index in [0.29, 0.717) is 86.0 Å². The fourth-order valence-electron chi connectivity index (χ4n) is 8.03. The highest BCUT2D eigenvalue weighted by Gasteiger charge is 2.44. The predicted octanol–water partition coefficient (Wildman–Crippen LogP) is 9.17. The SMILES string of the molecule is CC(C)(O)CCOc1cnc(N2CCC(c3nc4c(c(C5CCC(F)(F)CC5)c3C(F)c3ccc(C(F)(F)F)cc3)[C@@H](O)CC(C)(C)C4)CC2)nc1. The standard InChI is InChI=1S/C39H48F6N4O3/c1-36(2)19-28-31(29(50)20-36)30(23-9-13-38(41,42)14-10-23)32(33(40)24-5-7-26(8-6-24)39(43,44)45)34(48-28)25-11-16-49(17-12-25)35-46-21-27(22-47-35)52-18-15-37(3,4)51/h5-8,21-23,25,29,33,50-51H,9-20H2,1-4H3/t29-,33?/m0/s1. The van der Waals surface area contributed by atoms with E-state index in [0.717, 1.165) is 24.3 Å². The first-order chi connectivity index (χ1) is 24.3. The average Bonchev–Trinajstić information content (AvgIpc) is 3.06. The van der Waals surface area contributed by atoms with Crippen molar-refractivity contribution in [3.63, 3.8) is 0 Å². The molecule has 1 saturated carbocycles. The van der Waals surface area contributed by atoms with Crippen molar-refractivity contribution < 1.29 is 41.3 Å². The van der Waals surface area contributed by atoms with E-state index >= 15 is 4.39 Å². The lowest BCUT2D eigenvalue weighted by Crippen LogP contribution is -2.36. The van der Waals surface area contributed by atoms with Gasteiger partial charge in [-0.05, 0) is 87.0 Å². The highest BCUT2D eigenvalue weighted by Crippen LogP contribution is 2.52. The lowest BCUT2D eigenvalue weighted by molar-refractivity contribution is -0.137. The molecule has 2 aromatic heterocycles. The molecule has 3 heterocycles. The summed E-state index contributed by atoms with van der Waals surface area (Å²) < 4.78 is 92.3. The molecule has 6 rings (SSSR count). The Morgan fingerprint density at radius 2 is 1.56 bits per heavy atom. The van der Waals surface area contributed by atoms with Crippen molar-refractivity contribution in [1.29, 1.82) is 0 Å². The number of pyridine rings is 1. The topological polar surface area (TPSA) is 91.6 Å². The number of alkyl halides is 6. The van der Waals surface area contributed by atoms with Crippen molar-refractivity contribution in [3.8, 4) is 5.75 Å². The van der Waals surface area contributed by atoms with Gasteiger partial charge in [-0.1, -0.05) is 26.0 Å². The van der Waals surface area contributed by atoms with Crippen molar-refractivity contribution in [2.24, 2.45) is 5.41 Å². The van der Waals surface area contributed by atoms with Gasteiger partial charge in [0.05, 0.1) is 42.0 Å². The first-order valence-electron chi connectivity index (χ1n) is 18.2. The van der Waals surface area contributed by atoms with E-state index in [1.165, 1.54) is 0 Å². The number of nitrogens with zero attached hydrogens (tertiary/aromatic N) is 4. The molecule has 2 fully saturated rings.